The Balaban J connectivity index is 1.88. The van der Waals surface area contributed by atoms with Gasteiger partial charge in [0.1, 0.15) is 22.4 Å². The number of benzene rings is 1. The molecule has 0 saturated carbocycles. The number of para-hydroxylation sites is 1. The van der Waals surface area contributed by atoms with Crippen molar-refractivity contribution < 1.29 is 18.7 Å². The molecule has 0 saturated heterocycles. The van der Waals surface area contributed by atoms with Crippen LogP contribution >= 0.6 is 0 Å². The molecule has 0 bridgehead atoms. The van der Waals surface area contributed by atoms with Crippen molar-refractivity contribution in [2.24, 2.45) is 5.41 Å². The van der Waals surface area contributed by atoms with Crippen LogP contribution in [0.25, 0.3) is 22.4 Å². The molecule has 7 heteroatoms. The lowest BCUT2D eigenvalue weighted by atomic mass is 9.79. The van der Waals surface area contributed by atoms with Gasteiger partial charge in [-0.2, -0.15) is 0 Å². The van der Waals surface area contributed by atoms with E-state index >= 15 is 4.39 Å². The van der Waals surface area contributed by atoms with Crippen LogP contribution in [0.5, 0.6) is 0 Å². The van der Waals surface area contributed by atoms with E-state index < -0.39 is 22.8 Å². The molecule has 0 radical (unpaired) electrons. The number of fused-ring (bicyclic) bond motifs is 5. The van der Waals surface area contributed by atoms with Crippen molar-refractivity contribution in [1.82, 2.24) is 9.24 Å². The maximum atomic E-state index is 15.4. The number of halogens is 1. The number of carboxylic acid groups (broad SMARTS) is 1. The minimum atomic E-state index is -1.45. The van der Waals surface area contributed by atoms with Crippen molar-refractivity contribution in [2.45, 2.75) is 33.2 Å². The van der Waals surface area contributed by atoms with Gasteiger partial charge in [0, 0.05) is 35.3 Å². The molecule has 4 heterocycles. The molecule has 0 fully saturated rings. The van der Waals surface area contributed by atoms with Crippen molar-refractivity contribution >= 4 is 28.9 Å². The molecular formula is C24H20FN2O4+. The second-order valence-corrected chi connectivity index (χ2v) is 8.95. The zero-order valence-electron chi connectivity index (χ0n) is 17.3. The van der Waals surface area contributed by atoms with E-state index in [1.54, 1.807) is 10.8 Å². The summed E-state index contributed by atoms with van der Waals surface area (Å²) in [6, 6.07) is 5.43. The van der Waals surface area contributed by atoms with E-state index in [9.17, 15) is 14.7 Å². The topological polar surface area (TPSA) is 86.5 Å². The first-order chi connectivity index (χ1) is 14.7. The minimum Gasteiger partial charge on any atom is -0.477 e. The molecule has 2 aliphatic heterocycles. The van der Waals surface area contributed by atoms with Crippen LogP contribution in [-0.4, -0.2) is 27.6 Å². The Hall–Kier alpha value is -3.70. The summed E-state index contributed by atoms with van der Waals surface area (Å²) in [6.07, 6.45) is 7.14. The number of allylic oxidation sites excluding steroid dienone is 2. The normalized spacial score (nSPS) is 17.0. The lowest BCUT2D eigenvalue weighted by Gasteiger charge is -2.37. The molecule has 0 spiro atoms. The van der Waals surface area contributed by atoms with Gasteiger partial charge in [0.25, 0.3) is 6.21 Å². The number of hydrogen-bond donors (Lipinski definition) is 1. The van der Waals surface area contributed by atoms with Crippen LogP contribution < -0.4 is 10.1 Å². The average Bonchev–Trinajstić information content (AvgIpc) is 3.36. The van der Waals surface area contributed by atoms with Crippen LogP contribution in [0, 0.1) is 11.2 Å². The van der Waals surface area contributed by atoms with Crippen LogP contribution in [-0.2, 0) is 6.42 Å². The Labute approximate surface area is 176 Å². The van der Waals surface area contributed by atoms with E-state index in [0.29, 0.717) is 12.0 Å². The second kappa shape index (κ2) is 6.40. The lowest BCUT2D eigenvalue weighted by Crippen LogP contribution is -2.34. The van der Waals surface area contributed by atoms with Gasteiger partial charge in [-0.3, -0.25) is 4.79 Å². The maximum absolute atomic E-state index is 15.4. The molecule has 2 aromatic heterocycles. The van der Waals surface area contributed by atoms with E-state index in [1.807, 2.05) is 51.1 Å². The largest absolute Gasteiger partial charge is 0.477 e. The van der Waals surface area contributed by atoms with Gasteiger partial charge >= 0.3 is 11.7 Å². The fourth-order valence-corrected chi connectivity index (χ4v) is 4.46. The summed E-state index contributed by atoms with van der Waals surface area (Å²) < 4.78 is 27.5. The summed E-state index contributed by atoms with van der Waals surface area (Å²) in [6.45, 7) is 6.01. The van der Waals surface area contributed by atoms with Gasteiger partial charge in [-0.05, 0) is 17.9 Å². The SMILES string of the molecule is CC(C)(C)C1Cc2c(oc3c(C4=[N+]=CC=C4)cccc23)-c2c(F)c(=O)c(C(=O)O)cn21. The zero-order chi connectivity index (χ0) is 22.1. The third-order valence-electron chi connectivity index (χ3n) is 6.00. The van der Waals surface area contributed by atoms with E-state index in [0.717, 1.165) is 22.2 Å². The molecule has 31 heavy (non-hydrogen) atoms. The highest BCUT2D eigenvalue weighted by Crippen LogP contribution is 2.47. The molecule has 0 amide bonds. The van der Waals surface area contributed by atoms with E-state index in [1.165, 1.54) is 6.20 Å². The highest BCUT2D eigenvalue weighted by molar-refractivity contribution is 6.18. The minimum absolute atomic E-state index is 0.00575. The molecule has 3 aromatic rings. The molecule has 1 N–H and O–H groups in total. The fourth-order valence-electron chi connectivity index (χ4n) is 4.46. The number of aromatic carboxylic acids is 1. The van der Waals surface area contributed by atoms with Gasteiger partial charge < -0.3 is 14.1 Å². The Morgan fingerprint density at radius 2 is 2.10 bits per heavy atom. The van der Waals surface area contributed by atoms with Gasteiger partial charge in [-0.15, -0.1) is 0 Å². The number of pyridine rings is 1. The number of furan rings is 1. The lowest BCUT2D eigenvalue weighted by molar-refractivity contribution is 0.0692. The number of rotatable bonds is 2. The number of nitrogens with zero attached hydrogens (tertiary/aromatic N) is 2. The Kier molecular flexibility index (Phi) is 3.98. The fraction of sp³-hybridized carbons (Fsp3) is 0.250. The molecule has 1 aromatic carbocycles. The molecule has 156 valence electrons. The van der Waals surface area contributed by atoms with Crippen molar-refractivity contribution in [1.29, 1.82) is 0 Å². The standard InChI is InChI=1S/C24H19FN2O4/c1-24(2,3)17-10-14-12-6-4-7-13(16-8-5-9-26-16)21(12)31-22(14)19-18(25)20(28)15(23(29)30)11-27(17)19/h4-9,11,17H,10H2,1-3H3/p+1. The molecule has 2 aliphatic rings. The predicted molar refractivity (Wildman–Crippen MR) is 116 cm³/mol. The van der Waals surface area contributed by atoms with Crippen LogP contribution in [0.1, 0.15) is 48.3 Å². The van der Waals surface area contributed by atoms with Gasteiger partial charge in [-0.25, -0.2) is 9.18 Å². The summed E-state index contributed by atoms with van der Waals surface area (Å²) >= 11 is 0. The van der Waals surface area contributed by atoms with Crippen molar-refractivity contribution in [3.63, 3.8) is 0 Å². The number of aromatic nitrogens is 1. The smallest absolute Gasteiger partial charge is 0.341 e. The molecule has 6 nitrogen and oxygen atoms in total. The quantitative estimate of drug-likeness (QED) is 0.641. The molecule has 1 unspecified atom stereocenters. The maximum Gasteiger partial charge on any atom is 0.341 e. The van der Waals surface area contributed by atoms with Gasteiger partial charge in [0.2, 0.25) is 5.43 Å². The first-order valence-corrected chi connectivity index (χ1v) is 9.99. The van der Waals surface area contributed by atoms with Gasteiger partial charge in [0.05, 0.1) is 0 Å². The number of carboxylic acids is 1. The average molecular weight is 419 g/mol. The second-order valence-electron chi connectivity index (χ2n) is 8.95. The summed E-state index contributed by atoms with van der Waals surface area (Å²) in [5, 5.41) is 10.3. The van der Waals surface area contributed by atoms with Gasteiger partial charge in [-0.1, -0.05) is 37.6 Å². The van der Waals surface area contributed by atoms with Crippen LogP contribution in [0.15, 0.2) is 45.8 Å². The van der Waals surface area contributed by atoms with Crippen LogP contribution in [0.3, 0.4) is 0 Å². The van der Waals surface area contributed by atoms with E-state index in [4.69, 9.17) is 4.42 Å². The van der Waals surface area contributed by atoms with Crippen molar-refractivity contribution in [3.05, 3.63) is 69.3 Å². The van der Waals surface area contributed by atoms with Crippen molar-refractivity contribution in [2.75, 3.05) is 0 Å². The summed E-state index contributed by atoms with van der Waals surface area (Å²) in [7, 11) is 0. The molecule has 1 atom stereocenters. The number of hydrogen-bond acceptors (Lipinski definition) is 3. The number of carbonyl (C=O) groups is 1. The molecule has 0 aliphatic carbocycles. The Morgan fingerprint density at radius 1 is 1.32 bits per heavy atom. The Morgan fingerprint density at radius 3 is 2.74 bits per heavy atom. The van der Waals surface area contributed by atoms with E-state index in [-0.39, 0.29) is 22.9 Å². The highest BCUT2D eigenvalue weighted by Gasteiger charge is 2.39. The Bertz CT molecular complexity index is 1440. The third-order valence-corrected chi connectivity index (χ3v) is 6.00. The zero-order valence-corrected chi connectivity index (χ0v) is 17.3. The summed E-state index contributed by atoms with van der Waals surface area (Å²) in [5.74, 6) is -2.30. The third kappa shape index (κ3) is 2.74. The van der Waals surface area contributed by atoms with E-state index in [2.05, 4.69) is 4.67 Å². The first-order valence-electron chi connectivity index (χ1n) is 9.99. The van der Waals surface area contributed by atoms with Crippen LogP contribution in [0.4, 0.5) is 4.39 Å². The molecule has 5 rings (SSSR count). The predicted octanol–water partition coefficient (Wildman–Crippen LogP) is 3.74. The first kappa shape index (κ1) is 19.3. The molecular weight excluding hydrogens is 399 g/mol. The monoisotopic (exact) mass is 419 g/mol. The van der Waals surface area contributed by atoms with Crippen molar-refractivity contribution in [3.8, 4) is 11.5 Å². The van der Waals surface area contributed by atoms with Crippen LogP contribution in [0.2, 0.25) is 0 Å². The van der Waals surface area contributed by atoms with Gasteiger partial charge in [0.15, 0.2) is 11.6 Å². The summed E-state index contributed by atoms with van der Waals surface area (Å²) in [4.78, 5) is 24.1. The highest BCUT2D eigenvalue weighted by atomic mass is 19.1. The summed E-state index contributed by atoms with van der Waals surface area (Å²) in [5.41, 5.74) is 0.830.